The molecule has 3 rings (SSSR count). The number of likely N-dealkylation sites (N-methyl/N-ethyl adjacent to an activating group) is 1. The van der Waals surface area contributed by atoms with Gasteiger partial charge in [0.05, 0.1) is 12.2 Å². The largest absolute Gasteiger partial charge is 0.368 e. The summed E-state index contributed by atoms with van der Waals surface area (Å²) in [5.41, 5.74) is -2.56. The molecule has 2 aromatic heterocycles. The number of carbonyl (C=O) groups excluding carboxylic acids is 1. The summed E-state index contributed by atoms with van der Waals surface area (Å²) in [4.78, 5) is 16.8. The molecule has 1 aliphatic heterocycles. The number of nitrogens with zero attached hydrogens (tertiary/aromatic N) is 3. The molecule has 9 heteroatoms. The van der Waals surface area contributed by atoms with Gasteiger partial charge in [-0.3, -0.25) is 4.79 Å². The van der Waals surface area contributed by atoms with Crippen molar-refractivity contribution >= 4 is 21.8 Å². The number of carbonyl (C=O) groups is 1. The van der Waals surface area contributed by atoms with Crippen LogP contribution in [-0.4, -0.2) is 45.6 Å². The molecule has 0 aliphatic carbocycles. The van der Waals surface area contributed by atoms with E-state index in [2.05, 4.69) is 26.1 Å². The third-order valence-electron chi connectivity index (χ3n) is 3.47. The van der Waals surface area contributed by atoms with Crippen LogP contribution in [0.1, 0.15) is 5.76 Å². The Bertz CT molecular complexity index is 752. The van der Waals surface area contributed by atoms with Gasteiger partial charge in [0, 0.05) is 13.1 Å². The average molecular weight is 374 g/mol. The van der Waals surface area contributed by atoms with Gasteiger partial charge in [-0.1, -0.05) is 11.2 Å². The lowest BCUT2D eigenvalue weighted by molar-refractivity contribution is -0.179. The number of halogens is 3. The molecule has 0 radical (unpaired) electrons. The molecule has 1 aliphatic rings. The van der Waals surface area contributed by atoms with E-state index in [1.54, 1.807) is 18.2 Å². The third-order valence-corrected chi connectivity index (χ3v) is 3.91. The summed E-state index contributed by atoms with van der Waals surface area (Å²) in [6, 6.07) is 6.05. The zero-order valence-electron chi connectivity index (χ0n) is 11.3. The first-order valence-electron chi connectivity index (χ1n) is 6.21. The minimum Gasteiger partial charge on any atom is -0.368 e. The maximum absolute atomic E-state index is 14.0. The van der Waals surface area contributed by atoms with Crippen LogP contribution in [0.25, 0.3) is 11.4 Å². The Morgan fingerprint density at radius 1 is 1.41 bits per heavy atom. The number of amides is 1. The second-order valence-corrected chi connectivity index (χ2v) is 5.81. The van der Waals surface area contributed by atoms with Crippen LogP contribution in [0.15, 0.2) is 33.4 Å². The van der Waals surface area contributed by atoms with Crippen LogP contribution in [0, 0.1) is 0 Å². The van der Waals surface area contributed by atoms with Crippen molar-refractivity contribution in [3.63, 3.8) is 0 Å². The van der Waals surface area contributed by atoms with Crippen LogP contribution in [0.4, 0.5) is 8.78 Å². The molecule has 1 saturated heterocycles. The van der Waals surface area contributed by atoms with Crippen molar-refractivity contribution in [2.45, 2.75) is 11.5 Å². The van der Waals surface area contributed by atoms with E-state index in [9.17, 15) is 18.7 Å². The predicted octanol–water partition coefficient (Wildman–Crippen LogP) is 1.79. The van der Waals surface area contributed by atoms with E-state index in [0.29, 0.717) is 10.3 Å². The third kappa shape index (κ3) is 2.03. The summed E-state index contributed by atoms with van der Waals surface area (Å²) in [6.45, 7) is -0.895. The highest BCUT2D eigenvalue weighted by molar-refractivity contribution is 9.10. The summed E-state index contributed by atoms with van der Waals surface area (Å²) < 4.78 is 33.4. The molecule has 0 unspecified atom stereocenters. The normalized spacial score (nSPS) is 24.0. The van der Waals surface area contributed by atoms with Crippen molar-refractivity contribution in [3.05, 3.63) is 34.6 Å². The molecule has 6 nitrogen and oxygen atoms in total. The van der Waals surface area contributed by atoms with Crippen LogP contribution in [0.5, 0.6) is 0 Å². The minimum atomic E-state index is -3.68. The number of aliphatic hydroxyl groups is 1. The maximum Gasteiger partial charge on any atom is 0.309 e. The van der Waals surface area contributed by atoms with Gasteiger partial charge < -0.3 is 14.5 Å². The maximum atomic E-state index is 14.0. The van der Waals surface area contributed by atoms with E-state index in [-0.39, 0.29) is 5.69 Å². The van der Waals surface area contributed by atoms with Crippen molar-refractivity contribution in [3.8, 4) is 11.4 Å². The lowest BCUT2D eigenvalue weighted by Crippen LogP contribution is -2.46. The Morgan fingerprint density at radius 2 is 2.14 bits per heavy atom. The van der Waals surface area contributed by atoms with Crippen LogP contribution >= 0.6 is 15.9 Å². The fraction of sp³-hybridized carbons (Fsp3) is 0.308. The number of alkyl halides is 2. The van der Waals surface area contributed by atoms with E-state index in [1.165, 1.54) is 7.05 Å². The van der Waals surface area contributed by atoms with Crippen molar-refractivity contribution in [2.24, 2.45) is 0 Å². The standard InChI is InChI=1S/C13H10BrF2N3O3/c1-19-6-12(15,16)13(21,11(19)20)9-5-8(18-22-9)7-3-2-4-10(14)17-7/h2-5,21H,6H2,1H3/t13-/m1/s1. The summed E-state index contributed by atoms with van der Waals surface area (Å²) in [5.74, 6) is -5.42. The smallest absolute Gasteiger partial charge is 0.309 e. The molecule has 0 bridgehead atoms. The second-order valence-electron chi connectivity index (χ2n) is 5.00. The second kappa shape index (κ2) is 4.82. The quantitative estimate of drug-likeness (QED) is 0.811. The molecule has 22 heavy (non-hydrogen) atoms. The first-order valence-corrected chi connectivity index (χ1v) is 7.01. The van der Waals surface area contributed by atoms with Gasteiger partial charge in [-0.15, -0.1) is 0 Å². The first-order chi connectivity index (χ1) is 10.3. The Kier molecular flexibility index (Phi) is 3.29. The molecule has 1 atom stereocenters. The van der Waals surface area contributed by atoms with Gasteiger partial charge in [0.1, 0.15) is 10.3 Å². The summed E-state index contributed by atoms with van der Waals surface area (Å²) >= 11 is 3.18. The van der Waals surface area contributed by atoms with Gasteiger partial charge >= 0.3 is 5.92 Å². The minimum absolute atomic E-state index is 0.142. The number of pyridine rings is 1. The van der Waals surface area contributed by atoms with Crippen LogP contribution in [0.3, 0.4) is 0 Å². The van der Waals surface area contributed by atoms with Crippen LogP contribution < -0.4 is 0 Å². The first kappa shape index (κ1) is 15.0. The Balaban J connectivity index is 2.05. The molecule has 0 saturated carbocycles. The molecular weight excluding hydrogens is 364 g/mol. The molecule has 1 fully saturated rings. The van der Waals surface area contributed by atoms with E-state index in [1.807, 2.05) is 0 Å². The topological polar surface area (TPSA) is 79.5 Å². The zero-order valence-corrected chi connectivity index (χ0v) is 12.8. The summed E-state index contributed by atoms with van der Waals surface area (Å²) in [5, 5.41) is 13.9. The fourth-order valence-corrected chi connectivity index (χ4v) is 2.66. The molecule has 0 aromatic carbocycles. The molecule has 116 valence electrons. The van der Waals surface area contributed by atoms with E-state index in [0.717, 1.165) is 11.0 Å². The van der Waals surface area contributed by atoms with Crippen molar-refractivity contribution < 1.29 is 23.2 Å². The Morgan fingerprint density at radius 3 is 2.73 bits per heavy atom. The number of aromatic nitrogens is 2. The number of hydrogen-bond donors (Lipinski definition) is 1. The predicted molar refractivity (Wildman–Crippen MR) is 73.9 cm³/mol. The average Bonchev–Trinajstić information content (AvgIpc) is 2.99. The van der Waals surface area contributed by atoms with E-state index >= 15 is 0 Å². The van der Waals surface area contributed by atoms with Crippen LogP contribution in [0.2, 0.25) is 0 Å². The summed E-state index contributed by atoms with van der Waals surface area (Å²) in [6.07, 6.45) is 0. The fourth-order valence-electron chi connectivity index (χ4n) is 2.32. The molecule has 3 heterocycles. The van der Waals surface area contributed by atoms with Gasteiger partial charge in [0.25, 0.3) is 11.5 Å². The highest BCUT2D eigenvalue weighted by Gasteiger charge is 2.68. The van der Waals surface area contributed by atoms with E-state index in [4.69, 9.17) is 4.52 Å². The SMILES string of the molecule is CN1CC(F)(F)[C@@](O)(c2cc(-c3cccc(Br)n3)no2)C1=O. The van der Waals surface area contributed by atoms with Crippen LogP contribution in [-0.2, 0) is 10.4 Å². The van der Waals surface area contributed by atoms with Crippen molar-refractivity contribution in [1.82, 2.24) is 15.0 Å². The van der Waals surface area contributed by atoms with Crippen molar-refractivity contribution in [1.29, 1.82) is 0 Å². The van der Waals surface area contributed by atoms with Gasteiger partial charge in [-0.25, -0.2) is 13.8 Å². The van der Waals surface area contributed by atoms with Gasteiger partial charge in [0.2, 0.25) is 0 Å². The molecule has 1 N–H and O–H groups in total. The highest BCUT2D eigenvalue weighted by atomic mass is 79.9. The number of hydrogen-bond acceptors (Lipinski definition) is 5. The number of rotatable bonds is 2. The zero-order chi connectivity index (χ0) is 16.1. The van der Waals surface area contributed by atoms with Gasteiger partial charge in [-0.2, -0.15) is 0 Å². The molecular formula is C13H10BrF2N3O3. The number of likely N-dealkylation sites (tertiary alicyclic amines) is 1. The Labute approximate surface area is 131 Å². The molecule has 1 amide bonds. The Hall–Kier alpha value is -1.87. The molecule has 2 aromatic rings. The van der Waals surface area contributed by atoms with Gasteiger partial charge in [-0.05, 0) is 28.1 Å². The lowest BCUT2D eigenvalue weighted by Gasteiger charge is -2.22. The lowest BCUT2D eigenvalue weighted by atomic mass is 9.95. The van der Waals surface area contributed by atoms with E-state index < -0.39 is 29.7 Å². The molecule has 0 spiro atoms. The monoisotopic (exact) mass is 373 g/mol. The van der Waals surface area contributed by atoms with Crippen molar-refractivity contribution in [2.75, 3.05) is 13.6 Å². The highest BCUT2D eigenvalue weighted by Crippen LogP contribution is 2.45. The summed E-state index contributed by atoms with van der Waals surface area (Å²) in [7, 11) is 1.18. The van der Waals surface area contributed by atoms with Gasteiger partial charge in [0.15, 0.2) is 5.76 Å².